The molecule has 0 amide bonds. The molecule has 0 unspecified atom stereocenters. The van der Waals surface area contributed by atoms with Crippen LogP contribution in [0.4, 0.5) is 8.78 Å². The van der Waals surface area contributed by atoms with Crippen molar-refractivity contribution in [2.24, 2.45) is 5.41 Å². The van der Waals surface area contributed by atoms with Crippen molar-refractivity contribution in [2.45, 2.75) is 64.8 Å². The third-order valence-electron chi connectivity index (χ3n) is 8.82. The van der Waals surface area contributed by atoms with Gasteiger partial charge in [-0.2, -0.15) is 5.26 Å². The number of allylic oxidation sites excluding steroid dienone is 1. The van der Waals surface area contributed by atoms with E-state index in [1.54, 1.807) is 31.2 Å². The van der Waals surface area contributed by atoms with Crippen molar-refractivity contribution >= 4 is 34.2 Å². The van der Waals surface area contributed by atoms with Crippen LogP contribution in [0.1, 0.15) is 56.1 Å². The molecular weight excluding hydrogens is 628 g/mol. The molecule has 9 nitrogen and oxygen atoms in total. The largest absolute Gasteiger partial charge is 0.484 e. The van der Waals surface area contributed by atoms with Crippen molar-refractivity contribution in [2.75, 3.05) is 13.1 Å². The van der Waals surface area contributed by atoms with E-state index in [-0.39, 0.29) is 29.4 Å². The summed E-state index contributed by atoms with van der Waals surface area (Å²) in [5.41, 5.74) is 2.20. The second kappa shape index (κ2) is 13.7. The van der Waals surface area contributed by atoms with Crippen LogP contribution in [0.3, 0.4) is 0 Å². The molecule has 244 valence electrons. The van der Waals surface area contributed by atoms with E-state index in [0.29, 0.717) is 58.6 Å². The molecule has 0 atom stereocenters. The first-order valence-corrected chi connectivity index (χ1v) is 15.9. The average Bonchev–Trinajstić information content (AvgIpc) is 3.71. The van der Waals surface area contributed by atoms with Crippen LogP contribution >= 0.6 is 11.6 Å². The number of likely N-dealkylation sites (tertiary alicyclic amines) is 1. The fourth-order valence-electron chi connectivity index (χ4n) is 6.00. The third-order valence-corrected chi connectivity index (χ3v) is 9.06. The second-order valence-electron chi connectivity index (χ2n) is 12.4. The molecule has 1 aliphatic carbocycles. The van der Waals surface area contributed by atoms with Gasteiger partial charge >= 0.3 is 5.97 Å². The maximum Gasteiger partial charge on any atom is 0.328 e. The predicted octanol–water partition coefficient (Wildman–Crippen LogP) is 7.17. The van der Waals surface area contributed by atoms with E-state index in [2.05, 4.69) is 16.0 Å². The molecule has 1 N–H and O–H groups in total. The predicted molar refractivity (Wildman–Crippen MR) is 172 cm³/mol. The maximum absolute atomic E-state index is 15.4. The average molecular weight is 662 g/mol. The number of aromatic nitrogens is 3. The lowest BCUT2D eigenvalue weighted by Gasteiger charge is -2.32. The van der Waals surface area contributed by atoms with Crippen molar-refractivity contribution in [3.63, 3.8) is 0 Å². The third kappa shape index (κ3) is 7.72. The Kier molecular flexibility index (Phi) is 9.43. The summed E-state index contributed by atoms with van der Waals surface area (Å²) in [4.78, 5) is 22.8. The van der Waals surface area contributed by atoms with Crippen molar-refractivity contribution < 1.29 is 28.2 Å². The number of fused-ring (bicyclic) bond motifs is 1. The Labute approximate surface area is 276 Å². The molecule has 1 saturated carbocycles. The summed E-state index contributed by atoms with van der Waals surface area (Å²) in [5, 5.41) is 19.0. The number of nitriles is 1. The topological polar surface area (TPSA) is 114 Å². The van der Waals surface area contributed by atoms with Gasteiger partial charge in [0, 0.05) is 48.6 Å². The Hall–Kier alpha value is -4.53. The summed E-state index contributed by atoms with van der Waals surface area (Å²) in [7, 11) is 0. The van der Waals surface area contributed by atoms with Crippen LogP contribution in [0.15, 0.2) is 54.6 Å². The SMILES string of the molecule is C/C(=C\C(=O)O)c1cc(F)c2nc(CN3CCC(Oc4cccc(COc5ccc(Cl)cc5F)n4)CC3)n(CC3(CC#N)CC3)c2c1. The van der Waals surface area contributed by atoms with E-state index in [4.69, 9.17) is 26.1 Å². The molecule has 1 aliphatic heterocycles. The fraction of sp³-hybridized carbons (Fsp3) is 0.371. The Morgan fingerprint density at radius 3 is 2.64 bits per heavy atom. The first-order valence-electron chi connectivity index (χ1n) is 15.5. The van der Waals surface area contributed by atoms with Gasteiger partial charge in [-0.1, -0.05) is 17.7 Å². The van der Waals surface area contributed by atoms with E-state index in [1.165, 1.54) is 18.2 Å². The van der Waals surface area contributed by atoms with Crippen molar-refractivity contribution in [3.05, 3.63) is 88.3 Å². The van der Waals surface area contributed by atoms with Crippen LogP contribution in [-0.2, 0) is 24.5 Å². The quantitative estimate of drug-likeness (QED) is 0.159. The Morgan fingerprint density at radius 2 is 1.94 bits per heavy atom. The number of imidazole rings is 1. The Balaban J connectivity index is 1.13. The van der Waals surface area contributed by atoms with Crippen molar-refractivity contribution in [1.82, 2.24) is 19.4 Å². The monoisotopic (exact) mass is 661 g/mol. The molecule has 4 aromatic rings. The number of benzene rings is 2. The number of carboxylic acids is 1. The first kappa shape index (κ1) is 32.4. The molecule has 1 saturated heterocycles. The summed E-state index contributed by atoms with van der Waals surface area (Å²) >= 11 is 5.82. The number of carboxylic acid groups (broad SMARTS) is 1. The van der Waals surface area contributed by atoms with Gasteiger partial charge in [0.2, 0.25) is 5.88 Å². The number of carbonyl (C=O) groups is 1. The lowest BCUT2D eigenvalue weighted by atomic mass is 10.0. The summed E-state index contributed by atoms with van der Waals surface area (Å²) in [6.45, 7) is 4.21. The minimum atomic E-state index is -1.10. The van der Waals surface area contributed by atoms with Gasteiger partial charge in [0.05, 0.1) is 23.8 Å². The molecule has 0 bridgehead atoms. The number of pyridine rings is 1. The van der Waals surface area contributed by atoms with Gasteiger partial charge < -0.3 is 19.1 Å². The van der Waals surface area contributed by atoms with E-state index in [1.807, 2.05) is 10.6 Å². The molecule has 2 fully saturated rings. The van der Waals surface area contributed by atoms with Gasteiger partial charge in [0.15, 0.2) is 17.4 Å². The summed E-state index contributed by atoms with van der Waals surface area (Å²) in [6, 6.07) is 15.1. The van der Waals surface area contributed by atoms with Crippen LogP contribution < -0.4 is 9.47 Å². The number of aliphatic carboxylic acids is 1. The molecule has 6 rings (SSSR count). The molecule has 47 heavy (non-hydrogen) atoms. The summed E-state index contributed by atoms with van der Waals surface area (Å²) < 4.78 is 43.3. The van der Waals surface area contributed by atoms with Crippen LogP contribution in [0.2, 0.25) is 5.02 Å². The van der Waals surface area contributed by atoms with Gasteiger partial charge in [-0.25, -0.2) is 23.5 Å². The fourth-order valence-corrected chi connectivity index (χ4v) is 6.16. The minimum absolute atomic E-state index is 0.0585. The maximum atomic E-state index is 15.4. The Bertz CT molecular complexity index is 1880. The number of hydrogen-bond acceptors (Lipinski definition) is 7. The molecule has 3 heterocycles. The molecule has 2 aliphatic rings. The Morgan fingerprint density at radius 1 is 1.15 bits per heavy atom. The zero-order valence-electron chi connectivity index (χ0n) is 25.9. The van der Waals surface area contributed by atoms with Crippen LogP contribution in [0, 0.1) is 28.4 Å². The van der Waals surface area contributed by atoms with E-state index >= 15 is 4.39 Å². The normalized spacial score (nSPS) is 16.6. The number of halogens is 3. The summed E-state index contributed by atoms with van der Waals surface area (Å²) in [5.74, 6) is -0.877. The molecule has 0 radical (unpaired) electrons. The van der Waals surface area contributed by atoms with Gasteiger partial charge in [-0.3, -0.25) is 4.90 Å². The van der Waals surface area contributed by atoms with Crippen molar-refractivity contribution in [3.8, 4) is 17.7 Å². The number of hydrogen-bond donors (Lipinski definition) is 1. The highest BCUT2D eigenvalue weighted by Crippen LogP contribution is 2.50. The standard InChI is InChI=1S/C35H34ClF2N5O4/c1-22(15-33(44)45)23-16-28(38)34-29(17-23)43(21-35(9-10-35)11-12-39)31(41-34)19-42-13-7-26(8-14-42)47-32-4-2-3-25(40-32)20-46-30-6-5-24(36)18-27(30)37/h2-6,15-18,26H,7-11,13-14,19-21H2,1H3,(H,44,45)/b22-15+. The second-order valence-corrected chi connectivity index (χ2v) is 12.8. The highest BCUT2D eigenvalue weighted by molar-refractivity contribution is 6.30. The van der Waals surface area contributed by atoms with Gasteiger partial charge in [0.1, 0.15) is 24.1 Å². The highest BCUT2D eigenvalue weighted by Gasteiger charge is 2.43. The lowest BCUT2D eigenvalue weighted by Crippen LogP contribution is -2.38. The molecular formula is C35H34ClF2N5O4. The van der Waals surface area contributed by atoms with Crippen molar-refractivity contribution in [1.29, 1.82) is 5.26 Å². The summed E-state index contributed by atoms with van der Waals surface area (Å²) in [6.07, 6.45) is 4.74. The number of rotatable bonds is 12. The highest BCUT2D eigenvalue weighted by atomic mass is 35.5. The smallest absolute Gasteiger partial charge is 0.328 e. The number of piperidine rings is 1. The molecule has 12 heteroatoms. The zero-order valence-corrected chi connectivity index (χ0v) is 26.6. The van der Waals surface area contributed by atoms with E-state index < -0.39 is 17.6 Å². The van der Waals surface area contributed by atoms with Crippen LogP contribution in [-0.4, -0.2) is 49.7 Å². The number of nitrogens with zero attached hydrogens (tertiary/aromatic N) is 5. The molecule has 2 aromatic carbocycles. The minimum Gasteiger partial charge on any atom is -0.484 e. The lowest BCUT2D eigenvalue weighted by molar-refractivity contribution is -0.131. The van der Waals surface area contributed by atoms with E-state index in [0.717, 1.165) is 44.8 Å². The molecule has 0 spiro atoms. The van der Waals surface area contributed by atoms with Gasteiger partial charge in [-0.15, -0.1) is 0 Å². The van der Waals surface area contributed by atoms with Gasteiger partial charge in [0.25, 0.3) is 0 Å². The van der Waals surface area contributed by atoms with Crippen LogP contribution in [0.5, 0.6) is 11.6 Å². The number of ether oxygens (including phenoxy) is 2. The van der Waals surface area contributed by atoms with E-state index in [9.17, 15) is 19.6 Å². The zero-order chi connectivity index (χ0) is 33.1. The molecule has 2 aromatic heterocycles. The van der Waals surface area contributed by atoms with Gasteiger partial charge in [-0.05, 0) is 80.1 Å². The first-order chi connectivity index (χ1) is 22.6. The van der Waals surface area contributed by atoms with Crippen LogP contribution in [0.25, 0.3) is 16.6 Å².